The van der Waals surface area contributed by atoms with Gasteiger partial charge in [0.1, 0.15) is 5.75 Å². The average molecular weight is 256 g/mol. The second-order valence-electron chi connectivity index (χ2n) is 5.16. The van der Waals surface area contributed by atoms with Crippen molar-refractivity contribution in [2.75, 3.05) is 7.11 Å². The van der Waals surface area contributed by atoms with Crippen LogP contribution in [0.1, 0.15) is 24.0 Å². The molecule has 1 aromatic heterocycles. The molecule has 0 saturated heterocycles. The lowest BCUT2D eigenvalue weighted by Crippen LogP contribution is -2.14. The van der Waals surface area contributed by atoms with Crippen molar-refractivity contribution in [3.8, 4) is 5.75 Å². The van der Waals surface area contributed by atoms with Crippen LogP contribution in [0.5, 0.6) is 5.75 Å². The van der Waals surface area contributed by atoms with Crippen LogP contribution in [0.2, 0.25) is 0 Å². The standard InChI is InChI=1S/C16H20N2O/c1-19-16-5-3-2-4-14(16)12-18-9-8-13(11-18)10-17-15-6-7-15/h2-5,8-9,11,15,17H,6-7,10,12H2,1H3. The largest absolute Gasteiger partial charge is 0.496 e. The van der Waals surface area contributed by atoms with E-state index in [9.17, 15) is 0 Å². The zero-order chi connectivity index (χ0) is 13.1. The number of hydrogen-bond donors (Lipinski definition) is 1. The van der Waals surface area contributed by atoms with Crippen molar-refractivity contribution in [1.29, 1.82) is 0 Å². The predicted octanol–water partition coefficient (Wildman–Crippen LogP) is 2.80. The number of ether oxygens (including phenoxy) is 1. The Morgan fingerprint density at radius 2 is 2.11 bits per heavy atom. The number of rotatable bonds is 6. The van der Waals surface area contributed by atoms with Gasteiger partial charge in [-0.1, -0.05) is 18.2 Å². The zero-order valence-electron chi connectivity index (χ0n) is 11.3. The lowest BCUT2D eigenvalue weighted by atomic mass is 10.2. The minimum atomic E-state index is 0.762. The van der Waals surface area contributed by atoms with Crippen LogP contribution in [-0.2, 0) is 13.1 Å². The summed E-state index contributed by atoms with van der Waals surface area (Å²) in [5.74, 6) is 0.953. The van der Waals surface area contributed by atoms with Crippen molar-refractivity contribution in [2.45, 2.75) is 32.0 Å². The van der Waals surface area contributed by atoms with Crippen LogP contribution in [-0.4, -0.2) is 17.7 Å². The lowest BCUT2D eigenvalue weighted by molar-refractivity contribution is 0.408. The van der Waals surface area contributed by atoms with Crippen LogP contribution in [0.4, 0.5) is 0 Å². The normalized spacial score (nSPS) is 14.6. The molecule has 0 unspecified atom stereocenters. The van der Waals surface area contributed by atoms with Gasteiger partial charge in [0.25, 0.3) is 0 Å². The van der Waals surface area contributed by atoms with Gasteiger partial charge in [0.2, 0.25) is 0 Å². The highest BCUT2D eigenvalue weighted by Crippen LogP contribution is 2.20. The van der Waals surface area contributed by atoms with Gasteiger partial charge < -0.3 is 14.6 Å². The van der Waals surface area contributed by atoms with Crippen molar-refractivity contribution < 1.29 is 4.74 Å². The summed E-state index contributed by atoms with van der Waals surface area (Å²) in [6.07, 6.45) is 7.02. The summed E-state index contributed by atoms with van der Waals surface area (Å²) in [6.45, 7) is 1.83. The van der Waals surface area contributed by atoms with Gasteiger partial charge in [-0.2, -0.15) is 0 Å². The maximum atomic E-state index is 5.39. The molecule has 1 aliphatic carbocycles. The molecule has 1 aliphatic rings. The fourth-order valence-corrected chi connectivity index (χ4v) is 2.27. The minimum Gasteiger partial charge on any atom is -0.496 e. The van der Waals surface area contributed by atoms with Gasteiger partial charge in [-0.3, -0.25) is 0 Å². The predicted molar refractivity (Wildman–Crippen MR) is 76.4 cm³/mol. The first-order chi connectivity index (χ1) is 9.35. The molecule has 0 aliphatic heterocycles. The third kappa shape index (κ3) is 3.18. The van der Waals surface area contributed by atoms with Crippen LogP contribution in [0, 0.1) is 0 Å². The SMILES string of the molecule is COc1ccccc1Cn1ccc(CNC2CC2)c1. The first-order valence-corrected chi connectivity index (χ1v) is 6.85. The Labute approximate surface area is 114 Å². The highest BCUT2D eigenvalue weighted by atomic mass is 16.5. The van der Waals surface area contributed by atoms with E-state index in [4.69, 9.17) is 4.74 Å². The van der Waals surface area contributed by atoms with E-state index in [1.807, 2.05) is 12.1 Å². The topological polar surface area (TPSA) is 26.2 Å². The summed E-state index contributed by atoms with van der Waals surface area (Å²) in [5.41, 5.74) is 2.56. The highest BCUT2D eigenvalue weighted by Gasteiger charge is 2.19. The fourth-order valence-electron chi connectivity index (χ4n) is 2.27. The fraction of sp³-hybridized carbons (Fsp3) is 0.375. The van der Waals surface area contributed by atoms with Crippen molar-refractivity contribution in [3.05, 3.63) is 53.9 Å². The lowest BCUT2D eigenvalue weighted by Gasteiger charge is -2.08. The van der Waals surface area contributed by atoms with Crippen molar-refractivity contribution >= 4 is 0 Å². The molecule has 0 bridgehead atoms. The number of nitrogens with zero attached hydrogens (tertiary/aromatic N) is 1. The van der Waals surface area contributed by atoms with E-state index >= 15 is 0 Å². The van der Waals surface area contributed by atoms with Crippen LogP contribution < -0.4 is 10.1 Å². The molecule has 19 heavy (non-hydrogen) atoms. The monoisotopic (exact) mass is 256 g/mol. The van der Waals surface area contributed by atoms with Crippen molar-refractivity contribution in [1.82, 2.24) is 9.88 Å². The molecule has 1 aromatic carbocycles. The molecule has 3 heteroatoms. The maximum absolute atomic E-state index is 5.39. The molecular weight excluding hydrogens is 236 g/mol. The molecule has 1 saturated carbocycles. The Balaban J connectivity index is 1.65. The third-order valence-electron chi connectivity index (χ3n) is 3.53. The summed E-state index contributed by atoms with van der Waals surface area (Å²) in [4.78, 5) is 0. The Morgan fingerprint density at radius 1 is 1.26 bits per heavy atom. The molecular formula is C16H20N2O. The molecule has 1 heterocycles. The number of aromatic nitrogens is 1. The van der Waals surface area contributed by atoms with Crippen LogP contribution in [0.3, 0.4) is 0 Å². The summed E-state index contributed by atoms with van der Waals surface area (Å²) >= 11 is 0. The Hall–Kier alpha value is -1.74. The van der Waals surface area contributed by atoms with Crippen molar-refractivity contribution in [2.24, 2.45) is 0 Å². The molecule has 0 amide bonds. The zero-order valence-corrected chi connectivity index (χ0v) is 11.3. The summed E-state index contributed by atoms with van der Waals surface area (Å²) in [5, 5.41) is 3.53. The van der Waals surface area contributed by atoms with E-state index in [2.05, 4.69) is 40.5 Å². The van der Waals surface area contributed by atoms with E-state index in [-0.39, 0.29) is 0 Å². The molecule has 100 valence electrons. The number of methoxy groups -OCH3 is 1. The first kappa shape index (κ1) is 12.3. The van der Waals surface area contributed by atoms with E-state index in [0.717, 1.165) is 24.9 Å². The Morgan fingerprint density at radius 3 is 2.89 bits per heavy atom. The van der Waals surface area contributed by atoms with Gasteiger partial charge in [0.05, 0.1) is 13.7 Å². The number of benzene rings is 1. The van der Waals surface area contributed by atoms with Crippen molar-refractivity contribution in [3.63, 3.8) is 0 Å². The van der Waals surface area contributed by atoms with Crippen LogP contribution in [0.15, 0.2) is 42.7 Å². The maximum Gasteiger partial charge on any atom is 0.123 e. The molecule has 0 radical (unpaired) electrons. The van der Waals surface area contributed by atoms with Gasteiger partial charge in [0.15, 0.2) is 0 Å². The van der Waals surface area contributed by atoms with Crippen LogP contribution in [0.25, 0.3) is 0 Å². The molecule has 2 aromatic rings. The van der Waals surface area contributed by atoms with Gasteiger partial charge in [-0.25, -0.2) is 0 Å². The second kappa shape index (κ2) is 5.49. The first-order valence-electron chi connectivity index (χ1n) is 6.85. The quantitative estimate of drug-likeness (QED) is 0.860. The summed E-state index contributed by atoms with van der Waals surface area (Å²) in [6, 6.07) is 11.1. The number of nitrogens with one attached hydrogen (secondary N) is 1. The second-order valence-corrected chi connectivity index (χ2v) is 5.16. The van der Waals surface area contributed by atoms with Gasteiger partial charge in [0, 0.05) is 30.5 Å². The van der Waals surface area contributed by atoms with Gasteiger partial charge in [-0.15, -0.1) is 0 Å². The van der Waals surface area contributed by atoms with E-state index in [1.165, 1.54) is 24.0 Å². The minimum absolute atomic E-state index is 0.762. The smallest absolute Gasteiger partial charge is 0.123 e. The molecule has 0 atom stereocenters. The number of hydrogen-bond acceptors (Lipinski definition) is 2. The summed E-state index contributed by atoms with van der Waals surface area (Å²) < 4.78 is 7.60. The average Bonchev–Trinajstić information content (AvgIpc) is 3.17. The molecule has 0 spiro atoms. The Kier molecular flexibility index (Phi) is 3.56. The van der Waals surface area contributed by atoms with E-state index in [0.29, 0.717) is 0 Å². The van der Waals surface area contributed by atoms with Crippen LogP contribution >= 0.6 is 0 Å². The third-order valence-corrected chi connectivity index (χ3v) is 3.53. The molecule has 3 nitrogen and oxygen atoms in total. The molecule has 1 fully saturated rings. The Bertz CT molecular complexity index is 543. The van der Waals surface area contributed by atoms with E-state index in [1.54, 1.807) is 7.11 Å². The number of para-hydroxylation sites is 1. The molecule has 1 N–H and O–H groups in total. The molecule has 3 rings (SSSR count). The van der Waals surface area contributed by atoms with Gasteiger partial charge >= 0.3 is 0 Å². The van der Waals surface area contributed by atoms with E-state index < -0.39 is 0 Å². The summed E-state index contributed by atoms with van der Waals surface area (Å²) in [7, 11) is 1.72. The highest BCUT2D eigenvalue weighted by molar-refractivity contribution is 5.33. The van der Waals surface area contributed by atoms with Gasteiger partial charge in [-0.05, 0) is 30.5 Å².